The zero-order valence-corrected chi connectivity index (χ0v) is 12.7. The molecule has 2 aromatic rings. The third kappa shape index (κ3) is 5.21. The summed E-state index contributed by atoms with van der Waals surface area (Å²) in [6.45, 7) is 1.09. The summed E-state index contributed by atoms with van der Waals surface area (Å²) in [6.07, 6.45) is 0.356. The molecule has 0 aliphatic carbocycles. The van der Waals surface area contributed by atoms with Crippen LogP contribution < -0.4 is 5.32 Å². The average Bonchev–Trinajstić information content (AvgIpc) is 2.48. The largest absolute Gasteiger partial charge is 0.380 e. The second kappa shape index (κ2) is 7.81. The fourth-order valence-electron chi connectivity index (χ4n) is 2.05. The van der Waals surface area contributed by atoms with Crippen molar-refractivity contribution < 1.29 is 9.53 Å². The Morgan fingerprint density at radius 3 is 2.52 bits per heavy atom. The van der Waals surface area contributed by atoms with Crippen LogP contribution >= 0.6 is 11.6 Å². The zero-order chi connectivity index (χ0) is 15.1. The van der Waals surface area contributed by atoms with Crippen molar-refractivity contribution in [3.8, 4) is 0 Å². The van der Waals surface area contributed by atoms with Gasteiger partial charge in [0.25, 0.3) is 0 Å². The van der Waals surface area contributed by atoms with Gasteiger partial charge < -0.3 is 10.1 Å². The molecule has 2 aromatic carbocycles. The summed E-state index contributed by atoms with van der Waals surface area (Å²) in [4.78, 5) is 11.9. The van der Waals surface area contributed by atoms with Crippen LogP contribution in [0.5, 0.6) is 0 Å². The van der Waals surface area contributed by atoms with Crippen LogP contribution in [-0.4, -0.2) is 13.0 Å². The van der Waals surface area contributed by atoms with Gasteiger partial charge in [-0.1, -0.05) is 48.0 Å². The summed E-state index contributed by atoms with van der Waals surface area (Å²) in [7, 11) is 1.67. The van der Waals surface area contributed by atoms with Gasteiger partial charge in [0.2, 0.25) is 5.91 Å². The third-order valence-corrected chi connectivity index (χ3v) is 3.32. The Morgan fingerprint density at radius 1 is 1.10 bits per heavy atom. The maximum absolute atomic E-state index is 11.9. The quantitative estimate of drug-likeness (QED) is 0.889. The number of hydrogen-bond donors (Lipinski definition) is 1. The minimum absolute atomic E-state index is 0.00512. The lowest BCUT2D eigenvalue weighted by Crippen LogP contribution is -2.24. The molecule has 0 spiro atoms. The van der Waals surface area contributed by atoms with Gasteiger partial charge in [0.15, 0.2) is 0 Å². The molecule has 0 aromatic heterocycles. The van der Waals surface area contributed by atoms with E-state index >= 15 is 0 Å². The molecular weight excluding hydrogens is 286 g/mol. The van der Waals surface area contributed by atoms with Crippen molar-refractivity contribution in [3.63, 3.8) is 0 Å². The normalized spacial score (nSPS) is 10.4. The molecule has 0 radical (unpaired) electrons. The predicted molar refractivity (Wildman–Crippen MR) is 84.2 cm³/mol. The van der Waals surface area contributed by atoms with Crippen molar-refractivity contribution in [2.45, 2.75) is 19.6 Å². The number of carbonyl (C=O) groups excluding carboxylic acids is 1. The molecule has 21 heavy (non-hydrogen) atoms. The van der Waals surface area contributed by atoms with E-state index in [2.05, 4.69) is 5.32 Å². The molecule has 1 N–H and O–H groups in total. The minimum Gasteiger partial charge on any atom is -0.380 e. The first-order valence-corrected chi connectivity index (χ1v) is 7.13. The molecule has 4 heteroatoms. The van der Waals surface area contributed by atoms with Crippen LogP contribution in [0.1, 0.15) is 16.7 Å². The Balaban J connectivity index is 1.86. The Labute approximate surface area is 129 Å². The van der Waals surface area contributed by atoms with E-state index in [4.69, 9.17) is 16.3 Å². The molecule has 0 bridgehead atoms. The van der Waals surface area contributed by atoms with Gasteiger partial charge in [0, 0.05) is 18.7 Å². The van der Waals surface area contributed by atoms with E-state index in [0.29, 0.717) is 24.6 Å². The van der Waals surface area contributed by atoms with Crippen molar-refractivity contribution in [3.05, 3.63) is 70.2 Å². The van der Waals surface area contributed by atoms with Crippen LogP contribution in [0.15, 0.2) is 48.5 Å². The van der Waals surface area contributed by atoms with Gasteiger partial charge in [-0.05, 0) is 28.8 Å². The Hall–Kier alpha value is -1.84. The van der Waals surface area contributed by atoms with Crippen LogP contribution in [0.2, 0.25) is 5.02 Å². The molecular formula is C17H18ClNO2. The number of hydrogen-bond acceptors (Lipinski definition) is 2. The number of nitrogens with one attached hydrogen (secondary N) is 1. The van der Waals surface area contributed by atoms with Gasteiger partial charge in [-0.2, -0.15) is 0 Å². The van der Waals surface area contributed by atoms with E-state index in [0.717, 1.165) is 16.7 Å². The van der Waals surface area contributed by atoms with E-state index in [1.807, 2.05) is 36.4 Å². The van der Waals surface area contributed by atoms with Crippen LogP contribution in [0, 0.1) is 0 Å². The molecule has 2 rings (SSSR count). The van der Waals surface area contributed by atoms with Gasteiger partial charge in [-0.15, -0.1) is 0 Å². The second-order valence-corrected chi connectivity index (χ2v) is 5.27. The molecule has 1 amide bonds. The number of ether oxygens (including phenoxy) is 1. The Kier molecular flexibility index (Phi) is 5.78. The summed E-state index contributed by atoms with van der Waals surface area (Å²) in [5.41, 5.74) is 3.11. The lowest BCUT2D eigenvalue weighted by Gasteiger charge is -2.07. The molecule has 110 valence electrons. The highest BCUT2D eigenvalue weighted by atomic mass is 35.5. The van der Waals surface area contributed by atoms with Crippen molar-refractivity contribution in [2.24, 2.45) is 0 Å². The standard InChI is InChI=1S/C17H18ClNO2/c1-21-12-15-4-2-3-14(9-15)11-19-17(20)10-13-5-7-16(18)8-6-13/h2-9H,10-12H2,1H3,(H,19,20). The number of amides is 1. The van der Waals surface area contributed by atoms with Crippen molar-refractivity contribution in [1.82, 2.24) is 5.32 Å². The molecule has 0 unspecified atom stereocenters. The highest BCUT2D eigenvalue weighted by Gasteiger charge is 2.04. The van der Waals surface area contributed by atoms with E-state index in [1.54, 1.807) is 19.2 Å². The van der Waals surface area contributed by atoms with Gasteiger partial charge in [-0.3, -0.25) is 4.79 Å². The first-order valence-electron chi connectivity index (χ1n) is 6.75. The predicted octanol–water partition coefficient (Wildman–Crippen LogP) is 3.35. The molecule has 0 aliphatic heterocycles. The fraction of sp³-hybridized carbons (Fsp3) is 0.235. The number of halogens is 1. The maximum atomic E-state index is 11.9. The maximum Gasteiger partial charge on any atom is 0.224 e. The monoisotopic (exact) mass is 303 g/mol. The van der Waals surface area contributed by atoms with Crippen LogP contribution in [0.4, 0.5) is 0 Å². The van der Waals surface area contributed by atoms with Crippen LogP contribution in [0.25, 0.3) is 0 Å². The van der Waals surface area contributed by atoms with Gasteiger partial charge >= 0.3 is 0 Å². The van der Waals surface area contributed by atoms with E-state index < -0.39 is 0 Å². The zero-order valence-electron chi connectivity index (χ0n) is 11.9. The molecule has 0 atom stereocenters. The van der Waals surface area contributed by atoms with Crippen LogP contribution in [0.3, 0.4) is 0 Å². The second-order valence-electron chi connectivity index (χ2n) is 4.83. The number of benzene rings is 2. The van der Waals surface area contributed by atoms with Crippen molar-refractivity contribution >= 4 is 17.5 Å². The third-order valence-electron chi connectivity index (χ3n) is 3.07. The highest BCUT2D eigenvalue weighted by Crippen LogP contribution is 2.10. The van der Waals surface area contributed by atoms with E-state index in [1.165, 1.54) is 0 Å². The SMILES string of the molecule is COCc1cccc(CNC(=O)Cc2ccc(Cl)cc2)c1. The first-order chi connectivity index (χ1) is 10.2. The van der Waals surface area contributed by atoms with E-state index in [9.17, 15) is 4.79 Å². The van der Waals surface area contributed by atoms with Crippen LogP contribution in [-0.2, 0) is 29.1 Å². The smallest absolute Gasteiger partial charge is 0.224 e. The fourth-order valence-corrected chi connectivity index (χ4v) is 2.17. The topological polar surface area (TPSA) is 38.3 Å². The molecule has 0 saturated heterocycles. The minimum atomic E-state index is -0.00512. The lowest BCUT2D eigenvalue weighted by atomic mass is 10.1. The van der Waals surface area contributed by atoms with Crippen molar-refractivity contribution in [1.29, 1.82) is 0 Å². The lowest BCUT2D eigenvalue weighted by molar-refractivity contribution is -0.120. The van der Waals surface area contributed by atoms with Gasteiger partial charge in [0.05, 0.1) is 13.0 Å². The summed E-state index contributed by atoms with van der Waals surface area (Å²) in [5.74, 6) is -0.00512. The summed E-state index contributed by atoms with van der Waals surface area (Å²) in [6, 6.07) is 15.3. The number of methoxy groups -OCH3 is 1. The first kappa shape index (κ1) is 15.5. The molecule has 0 fully saturated rings. The summed E-state index contributed by atoms with van der Waals surface area (Å²) < 4.78 is 5.10. The average molecular weight is 304 g/mol. The van der Waals surface area contributed by atoms with Gasteiger partial charge in [0.1, 0.15) is 0 Å². The molecule has 0 heterocycles. The summed E-state index contributed by atoms with van der Waals surface area (Å²) >= 11 is 5.82. The summed E-state index contributed by atoms with van der Waals surface area (Å²) in [5, 5.41) is 3.59. The molecule has 3 nitrogen and oxygen atoms in total. The molecule has 0 saturated carbocycles. The Bertz CT molecular complexity index is 596. The number of carbonyl (C=O) groups is 1. The molecule has 0 aliphatic rings. The van der Waals surface area contributed by atoms with E-state index in [-0.39, 0.29) is 5.91 Å². The van der Waals surface area contributed by atoms with Gasteiger partial charge in [-0.25, -0.2) is 0 Å². The highest BCUT2D eigenvalue weighted by molar-refractivity contribution is 6.30. The van der Waals surface area contributed by atoms with Crippen molar-refractivity contribution in [2.75, 3.05) is 7.11 Å². The Morgan fingerprint density at radius 2 is 1.81 bits per heavy atom. The number of rotatable bonds is 6.